The normalized spacial score (nSPS) is 9.64. The Morgan fingerprint density at radius 1 is 1.45 bits per heavy atom. The fourth-order valence-electron chi connectivity index (χ4n) is 0.859. The number of carbonyl (C=O) groups is 1. The third-order valence-electron chi connectivity index (χ3n) is 1.69. The van der Waals surface area contributed by atoms with Crippen LogP contribution in [0.5, 0.6) is 0 Å². The Morgan fingerprint density at radius 3 is 2.55 bits per heavy atom. The van der Waals surface area contributed by atoms with Crippen molar-refractivity contribution in [1.29, 1.82) is 0 Å². The van der Waals surface area contributed by atoms with E-state index < -0.39 is 0 Å². The van der Waals surface area contributed by atoms with Gasteiger partial charge in [-0.1, -0.05) is 12.1 Å². The highest BCUT2D eigenvalue weighted by molar-refractivity contribution is 5.95. The molecule has 0 aromatic heterocycles. The number of carbonyl (C=O) groups excluding carboxylic acids is 1. The van der Waals surface area contributed by atoms with E-state index in [9.17, 15) is 4.79 Å². The van der Waals surface area contributed by atoms with Gasteiger partial charge >= 0.3 is 0 Å². The Morgan fingerprint density at radius 2 is 2.09 bits per heavy atom. The van der Waals surface area contributed by atoms with Gasteiger partial charge in [0.15, 0.2) is 5.78 Å². The fourth-order valence-corrected chi connectivity index (χ4v) is 0.859. The molecule has 0 saturated heterocycles. The second-order valence-corrected chi connectivity index (χ2v) is 2.63. The molecule has 1 aromatic carbocycles. The van der Waals surface area contributed by atoms with Gasteiger partial charge in [0.1, 0.15) is 0 Å². The van der Waals surface area contributed by atoms with E-state index in [1.54, 1.807) is 12.1 Å². The fraction of sp³-hybridized carbons (Fsp3) is 0.222. The molecule has 0 aliphatic heterocycles. The van der Waals surface area contributed by atoms with Crippen LogP contribution in [-0.2, 0) is 0 Å². The van der Waals surface area contributed by atoms with Gasteiger partial charge in [-0.25, -0.2) is 0 Å². The number of aryl methyl sites for hydroxylation is 1. The summed E-state index contributed by atoms with van der Waals surface area (Å²) in [5.74, 6) is 0.0525. The van der Waals surface area contributed by atoms with Gasteiger partial charge in [-0.3, -0.25) is 4.79 Å². The maximum Gasteiger partial charge on any atom is 0.159 e. The Labute approximate surface area is 66.0 Å². The molecule has 2 heteroatoms. The highest BCUT2D eigenvalue weighted by Gasteiger charge is 1.99. The van der Waals surface area contributed by atoms with Crippen molar-refractivity contribution in [3.8, 4) is 0 Å². The first-order valence-corrected chi connectivity index (χ1v) is 3.48. The number of hydrogen-bond acceptors (Lipinski definition) is 2. The molecule has 0 atom stereocenters. The lowest BCUT2D eigenvalue weighted by atomic mass is 10.1. The van der Waals surface area contributed by atoms with Gasteiger partial charge in [0.05, 0.1) is 0 Å². The first-order chi connectivity index (χ1) is 5.11. The molecule has 0 fully saturated rings. The molecule has 1 aromatic rings. The van der Waals surface area contributed by atoms with Crippen molar-refractivity contribution in [2.75, 3.05) is 5.73 Å². The molecule has 0 amide bonds. The van der Waals surface area contributed by atoms with Crippen molar-refractivity contribution in [3.63, 3.8) is 0 Å². The van der Waals surface area contributed by atoms with Crippen molar-refractivity contribution < 1.29 is 4.79 Å². The van der Waals surface area contributed by atoms with Crippen LogP contribution in [0, 0.1) is 6.92 Å². The molecular formula is C9H11NO. The van der Waals surface area contributed by atoms with Crippen LogP contribution in [0.1, 0.15) is 22.8 Å². The SMILES string of the molecule is CC(=O)c1ccc(C)c(N)c1. The number of benzene rings is 1. The molecule has 0 bridgehead atoms. The van der Waals surface area contributed by atoms with Gasteiger partial charge in [-0.15, -0.1) is 0 Å². The van der Waals surface area contributed by atoms with Crippen molar-refractivity contribution in [1.82, 2.24) is 0 Å². The molecule has 0 heterocycles. The second-order valence-electron chi connectivity index (χ2n) is 2.63. The minimum atomic E-state index is 0.0525. The monoisotopic (exact) mass is 149 g/mol. The van der Waals surface area contributed by atoms with Crippen molar-refractivity contribution >= 4 is 11.5 Å². The zero-order chi connectivity index (χ0) is 8.43. The number of ketones is 1. The average Bonchev–Trinajstić information content (AvgIpc) is 1.94. The molecule has 2 N–H and O–H groups in total. The molecule has 0 aliphatic carbocycles. The predicted molar refractivity (Wildman–Crippen MR) is 45.6 cm³/mol. The Hall–Kier alpha value is -1.31. The van der Waals surface area contributed by atoms with Gasteiger partial charge in [-0.2, -0.15) is 0 Å². The van der Waals surface area contributed by atoms with E-state index in [1.165, 1.54) is 6.92 Å². The molecule has 0 unspecified atom stereocenters. The van der Waals surface area contributed by atoms with Gasteiger partial charge in [0, 0.05) is 11.3 Å². The number of rotatable bonds is 1. The average molecular weight is 149 g/mol. The summed E-state index contributed by atoms with van der Waals surface area (Å²) in [4.78, 5) is 10.9. The van der Waals surface area contributed by atoms with E-state index in [2.05, 4.69) is 0 Å². The van der Waals surface area contributed by atoms with E-state index in [0.29, 0.717) is 11.3 Å². The van der Waals surface area contributed by atoms with Crippen LogP contribution >= 0.6 is 0 Å². The van der Waals surface area contributed by atoms with Crippen LogP contribution in [0.3, 0.4) is 0 Å². The molecule has 0 spiro atoms. The minimum absolute atomic E-state index is 0.0525. The zero-order valence-corrected chi connectivity index (χ0v) is 6.72. The summed E-state index contributed by atoms with van der Waals surface area (Å²) in [5.41, 5.74) is 7.97. The van der Waals surface area contributed by atoms with E-state index in [4.69, 9.17) is 5.73 Å². The quantitative estimate of drug-likeness (QED) is 0.488. The van der Waals surface area contributed by atoms with E-state index >= 15 is 0 Å². The van der Waals surface area contributed by atoms with Crippen molar-refractivity contribution in [2.24, 2.45) is 0 Å². The minimum Gasteiger partial charge on any atom is -0.398 e. The smallest absolute Gasteiger partial charge is 0.159 e. The Balaban J connectivity index is 3.15. The van der Waals surface area contributed by atoms with Crippen molar-refractivity contribution in [2.45, 2.75) is 13.8 Å². The number of Topliss-reactive ketones (excluding diaryl/α,β-unsaturated/α-hetero) is 1. The summed E-state index contributed by atoms with van der Waals surface area (Å²) in [6, 6.07) is 5.35. The van der Waals surface area contributed by atoms with Crippen LogP contribution in [0.15, 0.2) is 18.2 Å². The highest BCUT2D eigenvalue weighted by Crippen LogP contribution is 2.12. The molecule has 0 saturated carbocycles. The molecule has 58 valence electrons. The second kappa shape index (κ2) is 2.74. The molecule has 1 rings (SSSR count). The van der Waals surface area contributed by atoms with Crippen LogP contribution in [0.25, 0.3) is 0 Å². The lowest BCUT2D eigenvalue weighted by molar-refractivity contribution is 0.101. The van der Waals surface area contributed by atoms with Crippen LogP contribution < -0.4 is 5.73 Å². The first kappa shape index (κ1) is 7.79. The van der Waals surface area contributed by atoms with Gasteiger partial charge in [-0.05, 0) is 25.5 Å². The topological polar surface area (TPSA) is 43.1 Å². The summed E-state index contributed by atoms with van der Waals surface area (Å²) < 4.78 is 0. The summed E-state index contributed by atoms with van der Waals surface area (Å²) in [6.07, 6.45) is 0. The Kier molecular flexibility index (Phi) is 1.94. The highest BCUT2D eigenvalue weighted by atomic mass is 16.1. The number of nitrogen functional groups attached to an aromatic ring is 1. The molecule has 11 heavy (non-hydrogen) atoms. The number of hydrogen-bond donors (Lipinski definition) is 1. The molecular weight excluding hydrogens is 138 g/mol. The Bertz CT molecular complexity index is 292. The van der Waals surface area contributed by atoms with E-state index in [1.807, 2.05) is 13.0 Å². The third-order valence-corrected chi connectivity index (χ3v) is 1.69. The van der Waals surface area contributed by atoms with E-state index in [-0.39, 0.29) is 5.78 Å². The van der Waals surface area contributed by atoms with Gasteiger partial charge in [0.2, 0.25) is 0 Å². The summed E-state index contributed by atoms with van der Waals surface area (Å²) in [5, 5.41) is 0. The standard InChI is InChI=1S/C9H11NO/c1-6-3-4-8(7(2)11)5-9(6)10/h3-5H,10H2,1-2H3. The summed E-state index contributed by atoms with van der Waals surface area (Å²) >= 11 is 0. The van der Waals surface area contributed by atoms with Crippen LogP contribution in [0.2, 0.25) is 0 Å². The van der Waals surface area contributed by atoms with Crippen LogP contribution in [-0.4, -0.2) is 5.78 Å². The third kappa shape index (κ3) is 1.58. The molecule has 0 radical (unpaired) electrons. The van der Waals surface area contributed by atoms with Crippen LogP contribution in [0.4, 0.5) is 5.69 Å². The lowest BCUT2D eigenvalue weighted by Crippen LogP contribution is -1.95. The molecule has 2 nitrogen and oxygen atoms in total. The number of nitrogens with two attached hydrogens (primary N) is 1. The molecule has 0 aliphatic rings. The van der Waals surface area contributed by atoms with E-state index in [0.717, 1.165) is 5.56 Å². The lowest BCUT2D eigenvalue weighted by Gasteiger charge is -2.00. The predicted octanol–water partition coefficient (Wildman–Crippen LogP) is 1.78. The zero-order valence-electron chi connectivity index (χ0n) is 6.72. The number of anilines is 1. The van der Waals surface area contributed by atoms with Gasteiger partial charge < -0.3 is 5.73 Å². The summed E-state index contributed by atoms with van der Waals surface area (Å²) in [6.45, 7) is 3.45. The summed E-state index contributed by atoms with van der Waals surface area (Å²) in [7, 11) is 0. The largest absolute Gasteiger partial charge is 0.398 e. The maximum atomic E-state index is 10.9. The van der Waals surface area contributed by atoms with Crippen molar-refractivity contribution in [3.05, 3.63) is 29.3 Å². The first-order valence-electron chi connectivity index (χ1n) is 3.48. The van der Waals surface area contributed by atoms with Gasteiger partial charge in [0.25, 0.3) is 0 Å². The maximum absolute atomic E-state index is 10.9.